The number of phenols is 1. The molecule has 12 heavy (non-hydrogen) atoms. The second-order valence-corrected chi connectivity index (χ2v) is 2.79. The Bertz CT molecular complexity index is 430. The second-order valence-electron chi connectivity index (χ2n) is 2.38. The van der Waals surface area contributed by atoms with Gasteiger partial charge in [-0.05, 0) is 6.07 Å². The van der Waals surface area contributed by atoms with E-state index in [1.165, 1.54) is 12.4 Å². The van der Waals surface area contributed by atoms with E-state index in [4.69, 9.17) is 16.7 Å². The van der Waals surface area contributed by atoms with Crippen LogP contribution in [0.2, 0.25) is 5.02 Å². The number of phenolic OH excluding ortho intramolecular Hbond substituents is 1. The molecule has 0 radical (unpaired) electrons. The van der Waals surface area contributed by atoms with Crippen LogP contribution < -0.4 is 0 Å². The molecule has 0 aliphatic carbocycles. The van der Waals surface area contributed by atoms with Gasteiger partial charge >= 0.3 is 0 Å². The van der Waals surface area contributed by atoms with Gasteiger partial charge in [-0.1, -0.05) is 11.6 Å². The van der Waals surface area contributed by atoms with Gasteiger partial charge in [0, 0.05) is 17.6 Å². The Morgan fingerprint density at radius 1 is 1.33 bits per heavy atom. The number of aromatic hydroxyl groups is 1. The maximum atomic E-state index is 9.17. The molecule has 3 nitrogen and oxygen atoms in total. The molecule has 0 atom stereocenters. The number of rotatable bonds is 0. The smallest absolute Gasteiger partial charge is 0.119 e. The van der Waals surface area contributed by atoms with Crippen molar-refractivity contribution >= 4 is 22.5 Å². The van der Waals surface area contributed by atoms with Gasteiger partial charge in [-0.2, -0.15) is 0 Å². The summed E-state index contributed by atoms with van der Waals surface area (Å²) >= 11 is 5.82. The third-order valence-electron chi connectivity index (χ3n) is 1.56. The van der Waals surface area contributed by atoms with Crippen LogP contribution in [0.1, 0.15) is 0 Å². The van der Waals surface area contributed by atoms with Crippen molar-refractivity contribution in [3.05, 3.63) is 29.7 Å². The van der Waals surface area contributed by atoms with Gasteiger partial charge in [-0.25, -0.2) is 9.97 Å². The number of benzene rings is 1. The van der Waals surface area contributed by atoms with E-state index in [1.807, 2.05) is 0 Å². The highest BCUT2D eigenvalue weighted by Crippen LogP contribution is 2.25. The van der Waals surface area contributed by atoms with E-state index in [0.717, 1.165) is 5.39 Å². The third-order valence-corrected chi connectivity index (χ3v) is 1.87. The first-order valence-corrected chi connectivity index (χ1v) is 3.73. The molecule has 0 spiro atoms. The molecule has 1 aromatic carbocycles. The Balaban J connectivity index is 2.89. The van der Waals surface area contributed by atoms with Gasteiger partial charge in [0.25, 0.3) is 0 Å². The van der Waals surface area contributed by atoms with Crippen molar-refractivity contribution < 1.29 is 5.11 Å². The Morgan fingerprint density at radius 3 is 3.00 bits per heavy atom. The van der Waals surface area contributed by atoms with Crippen LogP contribution in [0.15, 0.2) is 24.7 Å². The second kappa shape index (κ2) is 2.60. The molecule has 0 aliphatic rings. The molecular weight excluding hydrogens is 176 g/mol. The van der Waals surface area contributed by atoms with Gasteiger partial charge in [0.15, 0.2) is 0 Å². The molecule has 4 heteroatoms. The zero-order valence-corrected chi connectivity index (χ0v) is 6.78. The highest BCUT2D eigenvalue weighted by atomic mass is 35.5. The number of fused-ring (bicyclic) bond motifs is 1. The van der Waals surface area contributed by atoms with Crippen molar-refractivity contribution in [2.45, 2.75) is 0 Å². The maximum absolute atomic E-state index is 9.17. The number of aromatic nitrogens is 2. The molecule has 2 rings (SSSR count). The van der Waals surface area contributed by atoms with Crippen molar-refractivity contribution in [1.29, 1.82) is 0 Å². The molecule has 0 unspecified atom stereocenters. The fraction of sp³-hybridized carbons (Fsp3) is 0. The molecule has 0 saturated carbocycles. The van der Waals surface area contributed by atoms with Gasteiger partial charge < -0.3 is 5.11 Å². The van der Waals surface area contributed by atoms with E-state index in [-0.39, 0.29) is 5.75 Å². The van der Waals surface area contributed by atoms with E-state index >= 15 is 0 Å². The Kier molecular flexibility index (Phi) is 1.59. The van der Waals surface area contributed by atoms with Crippen LogP contribution in [-0.2, 0) is 0 Å². The van der Waals surface area contributed by atoms with Crippen LogP contribution in [0, 0.1) is 0 Å². The van der Waals surface area contributed by atoms with E-state index in [1.54, 1.807) is 12.3 Å². The topological polar surface area (TPSA) is 46.0 Å². The molecule has 0 amide bonds. The summed E-state index contributed by atoms with van der Waals surface area (Å²) in [6.07, 6.45) is 3.03. The van der Waals surface area contributed by atoms with Crippen molar-refractivity contribution in [3.63, 3.8) is 0 Å². The SMILES string of the molecule is Oc1cc(Cl)c2cncnc2c1. The summed E-state index contributed by atoms with van der Waals surface area (Å²) in [5.41, 5.74) is 0.648. The summed E-state index contributed by atoms with van der Waals surface area (Å²) in [5, 5.41) is 10.4. The Hall–Kier alpha value is -1.35. The van der Waals surface area contributed by atoms with E-state index in [2.05, 4.69) is 9.97 Å². The van der Waals surface area contributed by atoms with E-state index in [0.29, 0.717) is 10.5 Å². The molecule has 1 N–H and O–H groups in total. The van der Waals surface area contributed by atoms with Crippen LogP contribution in [-0.4, -0.2) is 15.1 Å². The van der Waals surface area contributed by atoms with E-state index < -0.39 is 0 Å². The lowest BCUT2D eigenvalue weighted by molar-refractivity contribution is 0.476. The number of nitrogens with zero attached hydrogens (tertiary/aromatic N) is 2. The van der Waals surface area contributed by atoms with Crippen LogP contribution in [0.25, 0.3) is 10.9 Å². The number of halogens is 1. The van der Waals surface area contributed by atoms with Crippen LogP contribution >= 0.6 is 11.6 Å². The number of hydrogen-bond acceptors (Lipinski definition) is 3. The third kappa shape index (κ3) is 1.08. The molecule has 0 bridgehead atoms. The summed E-state index contributed by atoms with van der Waals surface area (Å²) in [6, 6.07) is 3.01. The van der Waals surface area contributed by atoms with Crippen LogP contribution in [0.5, 0.6) is 5.75 Å². The lowest BCUT2D eigenvalue weighted by Gasteiger charge is -1.98. The summed E-state index contributed by atoms with van der Waals surface area (Å²) in [6.45, 7) is 0. The first-order chi connectivity index (χ1) is 5.77. The minimum atomic E-state index is 0.117. The van der Waals surface area contributed by atoms with Gasteiger partial charge in [0.05, 0.1) is 10.5 Å². The quantitative estimate of drug-likeness (QED) is 0.675. The molecule has 0 aliphatic heterocycles. The minimum Gasteiger partial charge on any atom is -0.508 e. The van der Waals surface area contributed by atoms with Crippen molar-refractivity contribution in [2.24, 2.45) is 0 Å². The minimum absolute atomic E-state index is 0.117. The van der Waals surface area contributed by atoms with Crippen LogP contribution in [0.4, 0.5) is 0 Å². The molecular formula is C8H5ClN2O. The summed E-state index contributed by atoms with van der Waals surface area (Å²) in [7, 11) is 0. The monoisotopic (exact) mass is 180 g/mol. The predicted octanol–water partition coefficient (Wildman–Crippen LogP) is 1.99. The standard InChI is InChI=1S/C8H5ClN2O/c9-7-1-5(12)2-8-6(7)3-10-4-11-8/h1-4,12H. The highest BCUT2D eigenvalue weighted by Gasteiger charge is 2.01. The zero-order valence-electron chi connectivity index (χ0n) is 6.03. The van der Waals surface area contributed by atoms with Gasteiger partial charge in [0.2, 0.25) is 0 Å². The molecule has 0 fully saturated rings. The summed E-state index contributed by atoms with van der Waals surface area (Å²) < 4.78 is 0. The lowest BCUT2D eigenvalue weighted by atomic mass is 10.2. The lowest BCUT2D eigenvalue weighted by Crippen LogP contribution is -1.81. The predicted molar refractivity (Wildman–Crippen MR) is 46.2 cm³/mol. The fourth-order valence-corrected chi connectivity index (χ4v) is 1.28. The molecule has 2 aromatic rings. The van der Waals surface area contributed by atoms with Gasteiger partial charge in [-0.3, -0.25) is 0 Å². The van der Waals surface area contributed by atoms with E-state index in [9.17, 15) is 0 Å². The average molecular weight is 181 g/mol. The molecule has 0 saturated heterocycles. The molecule has 60 valence electrons. The van der Waals surface area contributed by atoms with Gasteiger partial charge in [0.1, 0.15) is 12.1 Å². The summed E-state index contributed by atoms with van der Waals surface area (Å²) in [4.78, 5) is 7.77. The summed E-state index contributed by atoms with van der Waals surface area (Å²) in [5.74, 6) is 0.117. The van der Waals surface area contributed by atoms with Crippen LogP contribution in [0.3, 0.4) is 0 Å². The van der Waals surface area contributed by atoms with Crippen molar-refractivity contribution in [2.75, 3.05) is 0 Å². The first-order valence-electron chi connectivity index (χ1n) is 3.35. The normalized spacial score (nSPS) is 10.4. The first kappa shape index (κ1) is 7.31. The van der Waals surface area contributed by atoms with Crippen molar-refractivity contribution in [3.8, 4) is 5.75 Å². The molecule has 1 heterocycles. The Labute approximate surface area is 73.6 Å². The number of hydrogen-bond donors (Lipinski definition) is 1. The highest BCUT2D eigenvalue weighted by molar-refractivity contribution is 6.35. The van der Waals surface area contributed by atoms with Crippen molar-refractivity contribution in [1.82, 2.24) is 9.97 Å². The largest absolute Gasteiger partial charge is 0.508 e. The fourth-order valence-electron chi connectivity index (χ4n) is 1.03. The maximum Gasteiger partial charge on any atom is 0.119 e. The zero-order chi connectivity index (χ0) is 8.55. The van der Waals surface area contributed by atoms with Gasteiger partial charge in [-0.15, -0.1) is 0 Å². The molecule has 1 aromatic heterocycles. The Morgan fingerprint density at radius 2 is 2.17 bits per heavy atom. The average Bonchev–Trinajstić information content (AvgIpc) is 2.04.